The summed E-state index contributed by atoms with van der Waals surface area (Å²) in [6.07, 6.45) is -0.0730. The fourth-order valence-electron chi connectivity index (χ4n) is 1.37. The van der Waals surface area contributed by atoms with Crippen molar-refractivity contribution in [2.24, 2.45) is 0 Å². The molecule has 0 saturated heterocycles. The number of halogens is 2. The molecule has 6 heteroatoms. The molecule has 0 radical (unpaired) electrons. The molecule has 0 fully saturated rings. The lowest BCUT2D eigenvalue weighted by molar-refractivity contribution is 0.212. The Kier molecular flexibility index (Phi) is 2.93. The maximum atomic E-state index is 13.7. The fourth-order valence-corrected chi connectivity index (χ4v) is 1.87. The Labute approximate surface area is 94.5 Å². The standard InChI is InChI=1S/C10H8F2N2OS/c1-5-2-3-6(11)8(9(5)12)10(15)7-4-13-14-16-7/h2-4,10,15H,1H3. The molecule has 0 bridgehead atoms. The van der Waals surface area contributed by atoms with Gasteiger partial charge in [0.25, 0.3) is 0 Å². The molecule has 1 aromatic carbocycles. The molecular weight excluding hydrogens is 234 g/mol. The van der Waals surface area contributed by atoms with Crippen LogP contribution < -0.4 is 0 Å². The summed E-state index contributed by atoms with van der Waals surface area (Å²) in [6, 6.07) is 2.46. The number of aryl methyl sites for hydroxylation is 1. The van der Waals surface area contributed by atoms with Gasteiger partial charge in [-0.05, 0) is 30.1 Å². The number of aliphatic hydroxyl groups is 1. The van der Waals surface area contributed by atoms with Crippen LogP contribution in [-0.2, 0) is 0 Å². The van der Waals surface area contributed by atoms with Gasteiger partial charge in [0.2, 0.25) is 0 Å². The number of aliphatic hydroxyl groups excluding tert-OH is 1. The van der Waals surface area contributed by atoms with E-state index in [0.29, 0.717) is 4.88 Å². The quantitative estimate of drug-likeness (QED) is 0.878. The van der Waals surface area contributed by atoms with Crippen molar-refractivity contribution in [3.05, 3.63) is 46.0 Å². The highest BCUT2D eigenvalue weighted by Crippen LogP contribution is 2.29. The highest BCUT2D eigenvalue weighted by molar-refractivity contribution is 7.05. The summed E-state index contributed by atoms with van der Waals surface area (Å²) in [6.45, 7) is 1.51. The summed E-state index contributed by atoms with van der Waals surface area (Å²) in [5.74, 6) is -1.51. The van der Waals surface area contributed by atoms with Crippen LogP contribution in [0.4, 0.5) is 8.78 Å². The molecule has 84 valence electrons. The molecule has 2 aromatic rings. The first-order valence-electron chi connectivity index (χ1n) is 4.51. The number of hydrogen-bond acceptors (Lipinski definition) is 4. The maximum Gasteiger partial charge on any atom is 0.135 e. The number of rotatable bonds is 2. The summed E-state index contributed by atoms with van der Waals surface area (Å²) < 4.78 is 30.6. The molecule has 16 heavy (non-hydrogen) atoms. The van der Waals surface area contributed by atoms with Crippen LogP contribution in [0.25, 0.3) is 0 Å². The average molecular weight is 242 g/mol. The first kappa shape index (κ1) is 11.1. The SMILES string of the molecule is Cc1ccc(F)c(C(O)c2cnns2)c1F. The van der Waals surface area contributed by atoms with Crippen molar-refractivity contribution in [3.8, 4) is 0 Å². The number of aromatic nitrogens is 2. The van der Waals surface area contributed by atoms with Crippen molar-refractivity contribution >= 4 is 11.5 Å². The van der Waals surface area contributed by atoms with Crippen molar-refractivity contribution in [3.63, 3.8) is 0 Å². The van der Waals surface area contributed by atoms with Crippen molar-refractivity contribution in [1.82, 2.24) is 9.59 Å². The molecule has 1 unspecified atom stereocenters. The lowest BCUT2D eigenvalue weighted by Gasteiger charge is -2.11. The fraction of sp³-hybridized carbons (Fsp3) is 0.200. The first-order chi connectivity index (χ1) is 7.61. The van der Waals surface area contributed by atoms with Crippen LogP contribution >= 0.6 is 11.5 Å². The van der Waals surface area contributed by atoms with Gasteiger partial charge in [-0.25, -0.2) is 8.78 Å². The Hall–Kier alpha value is -1.40. The summed E-state index contributed by atoms with van der Waals surface area (Å²) in [4.78, 5) is 0.309. The predicted octanol–water partition coefficient (Wildman–Crippen LogP) is 2.21. The molecule has 0 aliphatic rings. The van der Waals surface area contributed by atoms with Crippen LogP contribution in [0, 0.1) is 18.6 Å². The maximum absolute atomic E-state index is 13.7. The molecule has 1 N–H and O–H groups in total. The van der Waals surface area contributed by atoms with Gasteiger partial charge < -0.3 is 5.11 Å². The van der Waals surface area contributed by atoms with Crippen LogP contribution in [0.2, 0.25) is 0 Å². The van der Waals surface area contributed by atoms with Crippen LogP contribution in [0.3, 0.4) is 0 Å². The third-order valence-corrected chi connectivity index (χ3v) is 2.96. The third-order valence-electron chi connectivity index (χ3n) is 2.24. The van der Waals surface area contributed by atoms with E-state index in [1.54, 1.807) is 0 Å². The molecule has 1 aromatic heterocycles. The summed E-state index contributed by atoms with van der Waals surface area (Å²) >= 11 is 0.905. The molecule has 0 aliphatic heterocycles. The Balaban J connectivity index is 2.52. The minimum Gasteiger partial charge on any atom is -0.382 e. The summed E-state index contributed by atoms with van der Waals surface area (Å²) in [5.41, 5.74) is -0.0704. The molecule has 2 rings (SSSR count). The van der Waals surface area contributed by atoms with E-state index in [1.165, 1.54) is 19.2 Å². The minimum absolute atomic E-state index is 0.285. The van der Waals surface area contributed by atoms with E-state index in [9.17, 15) is 13.9 Å². The van der Waals surface area contributed by atoms with E-state index in [1.807, 2.05) is 0 Å². The Bertz CT molecular complexity index is 502. The number of benzene rings is 1. The topological polar surface area (TPSA) is 46.0 Å². The van der Waals surface area contributed by atoms with Crippen molar-refractivity contribution in [2.45, 2.75) is 13.0 Å². The minimum atomic E-state index is -1.36. The molecule has 1 heterocycles. The highest BCUT2D eigenvalue weighted by Gasteiger charge is 2.22. The van der Waals surface area contributed by atoms with Gasteiger partial charge >= 0.3 is 0 Å². The van der Waals surface area contributed by atoms with E-state index >= 15 is 0 Å². The van der Waals surface area contributed by atoms with Crippen molar-refractivity contribution < 1.29 is 13.9 Å². The van der Waals surface area contributed by atoms with E-state index < -0.39 is 17.7 Å². The second-order valence-electron chi connectivity index (χ2n) is 3.31. The zero-order valence-electron chi connectivity index (χ0n) is 8.32. The lowest BCUT2D eigenvalue weighted by atomic mass is 10.0. The molecule has 0 amide bonds. The Morgan fingerprint density at radius 3 is 2.75 bits per heavy atom. The Morgan fingerprint density at radius 2 is 2.12 bits per heavy atom. The summed E-state index contributed by atoms with van der Waals surface area (Å²) in [5, 5.41) is 13.3. The van der Waals surface area contributed by atoms with Crippen molar-refractivity contribution in [2.75, 3.05) is 0 Å². The molecule has 0 saturated carbocycles. The van der Waals surface area contributed by atoms with Gasteiger partial charge in [0.05, 0.1) is 16.6 Å². The van der Waals surface area contributed by atoms with Gasteiger partial charge in [0.1, 0.15) is 17.7 Å². The second kappa shape index (κ2) is 4.23. The molecule has 0 aliphatic carbocycles. The van der Waals surface area contributed by atoms with Crippen LogP contribution in [-0.4, -0.2) is 14.7 Å². The third kappa shape index (κ3) is 1.81. The normalized spacial score (nSPS) is 12.8. The van der Waals surface area contributed by atoms with Crippen LogP contribution in [0.5, 0.6) is 0 Å². The largest absolute Gasteiger partial charge is 0.382 e. The second-order valence-corrected chi connectivity index (χ2v) is 4.13. The zero-order valence-corrected chi connectivity index (χ0v) is 9.13. The average Bonchev–Trinajstić information content (AvgIpc) is 2.77. The van der Waals surface area contributed by atoms with Crippen molar-refractivity contribution in [1.29, 1.82) is 0 Å². The lowest BCUT2D eigenvalue weighted by Crippen LogP contribution is -2.05. The van der Waals surface area contributed by atoms with Gasteiger partial charge in [0, 0.05) is 0 Å². The van der Waals surface area contributed by atoms with Crippen LogP contribution in [0.15, 0.2) is 18.3 Å². The van der Waals surface area contributed by atoms with Gasteiger partial charge in [-0.15, -0.1) is 5.10 Å². The molecule has 0 spiro atoms. The molecular formula is C10H8F2N2OS. The Morgan fingerprint density at radius 1 is 1.38 bits per heavy atom. The molecule has 3 nitrogen and oxygen atoms in total. The smallest absolute Gasteiger partial charge is 0.135 e. The number of hydrogen-bond donors (Lipinski definition) is 1. The van der Waals surface area contributed by atoms with E-state index in [-0.39, 0.29) is 11.1 Å². The van der Waals surface area contributed by atoms with Gasteiger partial charge in [0.15, 0.2) is 0 Å². The monoisotopic (exact) mass is 242 g/mol. The summed E-state index contributed by atoms with van der Waals surface area (Å²) in [7, 11) is 0. The van der Waals surface area contributed by atoms with Crippen LogP contribution in [0.1, 0.15) is 22.1 Å². The van der Waals surface area contributed by atoms with Gasteiger partial charge in [-0.1, -0.05) is 10.6 Å². The van der Waals surface area contributed by atoms with E-state index in [4.69, 9.17) is 0 Å². The van der Waals surface area contributed by atoms with Gasteiger partial charge in [-0.2, -0.15) is 0 Å². The van der Waals surface area contributed by atoms with E-state index in [0.717, 1.165) is 17.6 Å². The first-order valence-corrected chi connectivity index (χ1v) is 5.28. The number of nitrogens with zero attached hydrogens (tertiary/aromatic N) is 2. The van der Waals surface area contributed by atoms with E-state index in [2.05, 4.69) is 9.59 Å². The highest BCUT2D eigenvalue weighted by atomic mass is 32.1. The van der Waals surface area contributed by atoms with Gasteiger partial charge in [-0.3, -0.25) is 0 Å². The predicted molar refractivity (Wildman–Crippen MR) is 55.1 cm³/mol. The molecule has 1 atom stereocenters. The zero-order chi connectivity index (χ0) is 11.7.